The summed E-state index contributed by atoms with van der Waals surface area (Å²) in [5, 5.41) is 3.17. The van der Waals surface area contributed by atoms with Crippen LogP contribution in [0.1, 0.15) is 31.7 Å². The molecule has 20 heavy (non-hydrogen) atoms. The van der Waals surface area contributed by atoms with Gasteiger partial charge in [-0.25, -0.2) is 0 Å². The first kappa shape index (κ1) is 16.8. The predicted molar refractivity (Wildman–Crippen MR) is 82.2 cm³/mol. The zero-order valence-corrected chi connectivity index (χ0v) is 12.9. The Balaban J connectivity index is 2.61. The van der Waals surface area contributed by atoms with E-state index in [0.29, 0.717) is 30.2 Å². The average Bonchev–Trinajstić information content (AvgIpc) is 2.45. The van der Waals surface area contributed by atoms with Crippen LogP contribution in [0.5, 0.6) is 5.75 Å². The molecule has 0 radical (unpaired) electrons. The van der Waals surface area contributed by atoms with Crippen LogP contribution in [0.4, 0.5) is 0 Å². The van der Waals surface area contributed by atoms with Gasteiger partial charge in [0.05, 0.1) is 11.6 Å². The molecule has 0 heterocycles. The van der Waals surface area contributed by atoms with E-state index in [-0.39, 0.29) is 11.9 Å². The van der Waals surface area contributed by atoms with E-state index in [1.807, 2.05) is 12.1 Å². The third kappa shape index (κ3) is 5.39. The molecule has 0 saturated heterocycles. The molecule has 0 aliphatic heterocycles. The Bertz CT molecular complexity index is 438. The van der Waals surface area contributed by atoms with E-state index in [1.54, 1.807) is 13.1 Å². The lowest BCUT2D eigenvalue weighted by Crippen LogP contribution is -2.22. The quantitative estimate of drug-likeness (QED) is 0.725. The Morgan fingerprint density at radius 3 is 2.90 bits per heavy atom. The summed E-state index contributed by atoms with van der Waals surface area (Å²) >= 11 is 6.18. The smallest absolute Gasteiger partial charge is 0.219 e. The number of hydrogen-bond donors (Lipinski definition) is 2. The van der Waals surface area contributed by atoms with Crippen LogP contribution in [0.2, 0.25) is 5.02 Å². The number of benzene rings is 1. The van der Waals surface area contributed by atoms with Crippen molar-refractivity contribution in [1.82, 2.24) is 5.32 Å². The molecule has 0 aliphatic rings. The van der Waals surface area contributed by atoms with Crippen LogP contribution in [0.15, 0.2) is 18.2 Å². The summed E-state index contributed by atoms with van der Waals surface area (Å²) in [7, 11) is 1.63. The van der Waals surface area contributed by atoms with Gasteiger partial charge in [0.2, 0.25) is 5.91 Å². The Kier molecular flexibility index (Phi) is 7.41. The molecule has 1 unspecified atom stereocenters. The van der Waals surface area contributed by atoms with Gasteiger partial charge in [-0.15, -0.1) is 0 Å². The first-order chi connectivity index (χ1) is 9.58. The van der Waals surface area contributed by atoms with Crippen LogP contribution in [0, 0.1) is 0 Å². The second kappa shape index (κ2) is 8.82. The number of hydrogen-bond acceptors (Lipinski definition) is 3. The number of para-hydroxylation sites is 1. The SMILES string of the molecule is CCC(N)Cc1cccc(Cl)c1OCCCC(=O)NC. The molecule has 0 bridgehead atoms. The molecule has 5 heteroatoms. The Morgan fingerprint density at radius 2 is 2.25 bits per heavy atom. The largest absolute Gasteiger partial charge is 0.492 e. The van der Waals surface area contributed by atoms with Gasteiger partial charge in [0.15, 0.2) is 0 Å². The second-order valence-electron chi connectivity index (χ2n) is 4.73. The molecule has 112 valence electrons. The van der Waals surface area contributed by atoms with Crippen LogP contribution in [0.3, 0.4) is 0 Å². The molecule has 1 rings (SSSR count). The number of carbonyl (C=O) groups is 1. The fourth-order valence-corrected chi connectivity index (χ4v) is 2.08. The van der Waals surface area contributed by atoms with Gasteiger partial charge in [0.1, 0.15) is 5.75 Å². The summed E-state index contributed by atoms with van der Waals surface area (Å²) in [6.45, 7) is 2.52. The second-order valence-corrected chi connectivity index (χ2v) is 5.13. The molecular formula is C15H23ClN2O2. The van der Waals surface area contributed by atoms with Crippen molar-refractivity contribution in [3.8, 4) is 5.75 Å². The number of nitrogens with two attached hydrogens (primary N) is 1. The van der Waals surface area contributed by atoms with Crippen LogP contribution in [0.25, 0.3) is 0 Å². The minimum Gasteiger partial charge on any atom is -0.492 e. The van der Waals surface area contributed by atoms with Crippen molar-refractivity contribution in [3.05, 3.63) is 28.8 Å². The zero-order chi connectivity index (χ0) is 15.0. The standard InChI is InChI=1S/C15H23ClN2O2/c1-3-12(17)10-11-6-4-7-13(16)15(11)20-9-5-8-14(19)18-2/h4,6-7,12H,3,5,8-10,17H2,1-2H3,(H,18,19). The van der Waals surface area contributed by atoms with Gasteiger partial charge >= 0.3 is 0 Å². The maximum absolute atomic E-state index is 11.1. The molecule has 1 aromatic carbocycles. The third-order valence-electron chi connectivity index (χ3n) is 3.13. The number of nitrogens with one attached hydrogen (secondary N) is 1. The Morgan fingerprint density at radius 1 is 1.50 bits per heavy atom. The molecule has 0 fully saturated rings. The summed E-state index contributed by atoms with van der Waals surface area (Å²) in [6.07, 6.45) is 2.75. The van der Waals surface area contributed by atoms with Crippen LogP contribution in [-0.4, -0.2) is 25.6 Å². The number of ether oxygens (including phenoxy) is 1. The highest BCUT2D eigenvalue weighted by Crippen LogP contribution is 2.29. The Labute approximate surface area is 125 Å². The first-order valence-corrected chi connectivity index (χ1v) is 7.32. The number of rotatable bonds is 8. The predicted octanol–water partition coefficient (Wildman–Crippen LogP) is 2.52. The van der Waals surface area contributed by atoms with Crippen molar-refractivity contribution < 1.29 is 9.53 Å². The normalized spacial score (nSPS) is 12.0. The van der Waals surface area contributed by atoms with Gasteiger partial charge in [-0.1, -0.05) is 30.7 Å². The minimum atomic E-state index is 0.0148. The lowest BCUT2D eigenvalue weighted by Gasteiger charge is -2.15. The lowest BCUT2D eigenvalue weighted by molar-refractivity contribution is -0.120. The molecule has 1 atom stereocenters. The van der Waals surface area contributed by atoms with Crippen molar-refractivity contribution in [2.75, 3.05) is 13.7 Å². The Hall–Kier alpha value is -1.26. The number of halogens is 1. The monoisotopic (exact) mass is 298 g/mol. The van der Waals surface area contributed by atoms with E-state index in [0.717, 1.165) is 18.4 Å². The van der Waals surface area contributed by atoms with E-state index in [2.05, 4.69) is 12.2 Å². The molecule has 3 N–H and O–H groups in total. The number of amides is 1. The highest BCUT2D eigenvalue weighted by Gasteiger charge is 2.11. The average molecular weight is 299 g/mol. The van der Waals surface area contributed by atoms with Crippen molar-refractivity contribution in [2.24, 2.45) is 5.73 Å². The van der Waals surface area contributed by atoms with E-state index in [4.69, 9.17) is 22.1 Å². The van der Waals surface area contributed by atoms with Crippen LogP contribution in [-0.2, 0) is 11.2 Å². The van der Waals surface area contributed by atoms with Gasteiger partial charge in [0.25, 0.3) is 0 Å². The maximum atomic E-state index is 11.1. The van der Waals surface area contributed by atoms with E-state index in [1.165, 1.54) is 0 Å². The van der Waals surface area contributed by atoms with Crippen molar-refractivity contribution in [1.29, 1.82) is 0 Å². The highest BCUT2D eigenvalue weighted by atomic mass is 35.5. The maximum Gasteiger partial charge on any atom is 0.219 e. The molecule has 0 saturated carbocycles. The van der Waals surface area contributed by atoms with E-state index < -0.39 is 0 Å². The lowest BCUT2D eigenvalue weighted by atomic mass is 10.0. The minimum absolute atomic E-state index is 0.0148. The van der Waals surface area contributed by atoms with Gasteiger partial charge < -0.3 is 15.8 Å². The van der Waals surface area contributed by atoms with Crippen molar-refractivity contribution in [3.63, 3.8) is 0 Å². The summed E-state index contributed by atoms with van der Waals surface area (Å²) in [4.78, 5) is 11.1. The summed E-state index contributed by atoms with van der Waals surface area (Å²) in [6, 6.07) is 5.78. The van der Waals surface area contributed by atoms with E-state index >= 15 is 0 Å². The molecule has 0 aromatic heterocycles. The third-order valence-corrected chi connectivity index (χ3v) is 3.43. The molecular weight excluding hydrogens is 276 g/mol. The van der Waals surface area contributed by atoms with Crippen molar-refractivity contribution >= 4 is 17.5 Å². The molecule has 0 spiro atoms. The van der Waals surface area contributed by atoms with E-state index in [9.17, 15) is 4.79 Å². The summed E-state index contributed by atoms with van der Waals surface area (Å²) < 4.78 is 5.74. The van der Waals surface area contributed by atoms with Crippen LogP contribution < -0.4 is 15.8 Å². The number of carbonyl (C=O) groups excluding carboxylic acids is 1. The zero-order valence-electron chi connectivity index (χ0n) is 12.1. The van der Waals surface area contributed by atoms with Gasteiger partial charge in [-0.05, 0) is 30.9 Å². The molecule has 1 aromatic rings. The topological polar surface area (TPSA) is 64.3 Å². The van der Waals surface area contributed by atoms with Gasteiger partial charge in [-0.2, -0.15) is 0 Å². The summed E-state index contributed by atoms with van der Waals surface area (Å²) in [5.74, 6) is 0.705. The van der Waals surface area contributed by atoms with Crippen LogP contribution >= 0.6 is 11.6 Å². The first-order valence-electron chi connectivity index (χ1n) is 6.94. The van der Waals surface area contributed by atoms with Gasteiger partial charge in [-0.3, -0.25) is 4.79 Å². The fraction of sp³-hybridized carbons (Fsp3) is 0.533. The molecule has 1 amide bonds. The molecule has 0 aliphatic carbocycles. The van der Waals surface area contributed by atoms with Crippen molar-refractivity contribution in [2.45, 2.75) is 38.6 Å². The highest BCUT2D eigenvalue weighted by molar-refractivity contribution is 6.32. The molecule has 4 nitrogen and oxygen atoms in total. The fourth-order valence-electron chi connectivity index (χ4n) is 1.83. The van der Waals surface area contributed by atoms with Gasteiger partial charge in [0, 0.05) is 19.5 Å². The summed E-state index contributed by atoms with van der Waals surface area (Å²) in [5.41, 5.74) is 7.01.